The van der Waals surface area contributed by atoms with Crippen LogP contribution in [0.3, 0.4) is 0 Å². The summed E-state index contributed by atoms with van der Waals surface area (Å²) in [7, 11) is 1.80. The standard InChI is InChI=1S/C15H20FN5OS/c1-18-14(10-22)17-21(15(18)23)11-19-6-8-20(9-7-19)13-5-3-2-4-12(13)16/h2-5,22H,6-11H2,1H3. The van der Waals surface area contributed by atoms with Gasteiger partial charge in [-0.05, 0) is 24.4 Å². The van der Waals surface area contributed by atoms with E-state index >= 15 is 0 Å². The Kier molecular flexibility index (Phi) is 4.74. The van der Waals surface area contributed by atoms with Crippen LogP contribution >= 0.6 is 12.2 Å². The van der Waals surface area contributed by atoms with Gasteiger partial charge >= 0.3 is 0 Å². The number of hydrogen-bond acceptors (Lipinski definition) is 5. The first-order valence-corrected chi connectivity index (χ1v) is 7.96. The molecule has 2 heterocycles. The van der Waals surface area contributed by atoms with Crippen molar-refractivity contribution in [2.45, 2.75) is 13.3 Å². The van der Waals surface area contributed by atoms with E-state index in [1.54, 1.807) is 22.4 Å². The zero-order valence-electron chi connectivity index (χ0n) is 13.0. The van der Waals surface area contributed by atoms with Crippen LogP contribution in [0.1, 0.15) is 5.82 Å². The van der Waals surface area contributed by atoms with Gasteiger partial charge in [0.05, 0.1) is 12.4 Å². The van der Waals surface area contributed by atoms with E-state index in [9.17, 15) is 9.50 Å². The first kappa shape index (κ1) is 16.1. The fraction of sp³-hybridized carbons (Fsp3) is 0.467. The predicted molar refractivity (Wildman–Crippen MR) is 88.1 cm³/mol. The van der Waals surface area contributed by atoms with Crippen LogP contribution in [0.25, 0.3) is 0 Å². The van der Waals surface area contributed by atoms with Crippen molar-refractivity contribution in [1.82, 2.24) is 19.2 Å². The van der Waals surface area contributed by atoms with Crippen LogP contribution in [-0.2, 0) is 20.3 Å². The summed E-state index contributed by atoms with van der Waals surface area (Å²) in [4.78, 5) is 4.28. The van der Waals surface area contributed by atoms with Crippen molar-refractivity contribution >= 4 is 17.9 Å². The van der Waals surface area contributed by atoms with Crippen molar-refractivity contribution in [3.8, 4) is 0 Å². The maximum Gasteiger partial charge on any atom is 0.198 e. The van der Waals surface area contributed by atoms with Gasteiger partial charge in [-0.2, -0.15) is 5.10 Å². The third kappa shape index (κ3) is 3.29. The van der Waals surface area contributed by atoms with E-state index in [0.29, 0.717) is 23.0 Å². The summed E-state index contributed by atoms with van der Waals surface area (Å²) in [5, 5.41) is 13.6. The number of nitrogens with zero attached hydrogens (tertiary/aromatic N) is 5. The zero-order chi connectivity index (χ0) is 16.4. The highest BCUT2D eigenvalue weighted by Crippen LogP contribution is 2.20. The third-order valence-corrected chi connectivity index (χ3v) is 4.66. The molecule has 0 radical (unpaired) electrons. The Hall–Kier alpha value is -1.77. The van der Waals surface area contributed by atoms with Crippen LogP contribution in [0.5, 0.6) is 0 Å². The number of hydrogen-bond donors (Lipinski definition) is 1. The Labute approximate surface area is 139 Å². The van der Waals surface area contributed by atoms with E-state index in [0.717, 1.165) is 26.2 Å². The molecule has 1 aliphatic heterocycles. The lowest BCUT2D eigenvalue weighted by molar-refractivity contribution is 0.192. The van der Waals surface area contributed by atoms with Crippen molar-refractivity contribution in [3.63, 3.8) is 0 Å². The molecular weight excluding hydrogens is 317 g/mol. The minimum atomic E-state index is -0.180. The molecule has 0 aliphatic carbocycles. The number of anilines is 1. The molecule has 1 aromatic carbocycles. The minimum absolute atomic E-state index is 0.131. The number of aliphatic hydroxyl groups is 1. The molecule has 2 aromatic rings. The number of halogens is 1. The summed E-state index contributed by atoms with van der Waals surface area (Å²) < 4.78 is 17.9. The van der Waals surface area contributed by atoms with Gasteiger partial charge in [-0.1, -0.05) is 12.1 Å². The van der Waals surface area contributed by atoms with Gasteiger partial charge in [0, 0.05) is 33.2 Å². The topological polar surface area (TPSA) is 49.5 Å². The van der Waals surface area contributed by atoms with Crippen LogP contribution in [0.2, 0.25) is 0 Å². The first-order chi connectivity index (χ1) is 11.1. The van der Waals surface area contributed by atoms with Gasteiger partial charge in [0.15, 0.2) is 10.6 Å². The zero-order valence-corrected chi connectivity index (χ0v) is 13.8. The molecule has 1 saturated heterocycles. The number of piperazine rings is 1. The van der Waals surface area contributed by atoms with E-state index < -0.39 is 0 Å². The summed E-state index contributed by atoms with van der Waals surface area (Å²) in [6.07, 6.45) is 0. The number of benzene rings is 1. The summed E-state index contributed by atoms with van der Waals surface area (Å²) in [6.45, 7) is 3.58. The van der Waals surface area contributed by atoms with Crippen molar-refractivity contribution in [2.75, 3.05) is 31.1 Å². The summed E-state index contributed by atoms with van der Waals surface area (Å²) in [5.41, 5.74) is 0.657. The van der Waals surface area contributed by atoms with Crippen LogP contribution in [0.4, 0.5) is 10.1 Å². The Balaban J connectivity index is 1.64. The molecule has 1 aliphatic rings. The average molecular weight is 337 g/mol. The molecule has 6 nitrogen and oxygen atoms in total. The second kappa shape index (κ2) is 6.77. The highest BCUT2D eigenvalue weighted by atomic mass is 32.1. The molecule has 0 saturated carbocycles. The normalized spacial score (nSPS) is 16.0. The largest absolute Gasteiger partial charge is 0.388 e. The summed E-state index contributed by atoms with van der Waals surface area (Å²) >= 11 is 5.33. The van der Waals surface area contributed by atoms with Gasteiger partial charge in [-0.15, -0.1) is 0 Å². The maximum atomic E-state index is 13.8. The molecule has 1 aromatic heterocycles. The molecule has 1 N–H and O–H groups in total. The van der Waals surface area contributed by atoms with E-state index in [-0.39, 0.29) is 12.4 Å². The van der Waals surface area contributed by atoms with Gasteiger partial charge < -0.3 is 14.6 Å². The number of rotatable bonds is 4. The number of aromatic nitrogens is 3. The quantitative estimate of drug-likeness (QED) is 0.854. The Bertz CT molecular complexity index is 736. The molecule has 0 amide bonds. The van der Waals surface area contributed by atoms with Crippen molar-refractivity contribution < 1.29 is 9.50 Å². The third-order valence-electron chi connectivity index (χ3n) is 4.17. The number of para-hydroxylation sites is 1. The van der Waals surface area contributed by atoms with E-state index in [2.05, 4.69) is 14.9 Å². The average Bonchev–Trinajstić information content (AvgIpc) is 2.84. The van der Waals surface area contributed by atoms with Crippen LogP contribution in [0, 0.1) is 10.6 Å². The van der Waals surface area contributed by atoms with Crippen molar-refractivity contribution in [2.24, 2.45) is 7.05 Å². The lowest BCUT2D eigenvalue weighted by Crippen LogP contribution is -2.47. The molecule has 3 rings (SSSR count). The first-order valence-electron chi connectivity index (χ1n) is 7.55. The van der Waals surface area contributed by atoms with Crippen molar-refractivity contribution in [3.05, 3.63) is 40.7 Å². The molecule has 0 atom stereocenters. The molecule has 124 valence electrons. The molecule has 23 heavy (non-hydrogen) atoms. The van der Waals surface area contributed by atoms with Gasteiger partial charge in [-0.3, -0.25) is 4.90 Å². The van der Waals surface area contributed by atoms with Crippen LogP contribution < -0.4 is 4.90 Å². The fourth-order valence-electron chi connectivity index (χ4n) is 2.79. The van der Waals surface area contributed by atoms with Crippen LogP contribution in [-0.4, -0.2) is 50.5 Å². The van der Waals surface area contributed by atoms with Gasteiger partial charge in [0.25, 0.3) is 0 Å². The van der Waals surface area contributed by atoms with Gasteiger partial charge in [0.2, 0.25) is 0 Å². The molecule has 1 fully saturated rings. The maximum absolute atomic E-state index is 13.8. The van der Waals surface area contributed by atoms with E-state index in [4.69, 9.17) is 12.2 Å². The van der Waals surface area contributed by atoms with Gasteiger partial charge in [-0.25, -0.2) is 9.07 Å². The highest BCUT2D eigenvalue weighted by Gasteiger charge is 2.20. The monoisotopic (exact) mass is 337 g/mol. The Morgan fingerprint density at radius 3 is 2.52 bits per heavy atom. The Morgan fingerprint density at radius 2 is 1.91 bits per heavy atom. The smallest absolute Gasteiger partial charge is 0.198 e. The summed E-state index contributed by atoms with van der Waals surface area (Å²) in [5.74, 6) is 0.375. The van der Waals surface area contributed by atoms with Crippen LogP contribution in [0.15, 0.2) is 24.3 Å². The van der Waals surface area contributed by atoms with E-state index in [1.807, 2.05) is 12.1 Å². The van der Waals surface area contributed by atoms with Gasteiger partial charge in [0.1, 0.15) is 12.4 Å². The molecule has 0 spiro atoms. The second-order valence-electron chi connectivity index (χ2n) is 5.61. The molecule has 0 bridgehead atoms. The number of aliphatic hydroxyl groups excluding tert-OH is 1. The molecular formula is C15H20FN5OS. The predicted octanol–water partition coefficient (Wildman–Crippen LogP) is 1.36. The van der Waals surface area contributed by atoms with Crippen molar-refractivity contribution in [1.29, 1.82) is 0 Å². The minimum Gasteiger partial charge on any atom is -0.388 e. The Morgan fingerprint density at radius 1 is 1.22 bits per heavy atom. The molecule has 8 heteroatoms. The van der Waals surface area contributed by atoms with E-state index in [1.165, 1.54) is 6.07 Å². The highest BCUT2D eigenvalue weighted by molar-refractivity contribution is 7.71. The fourth-order valence-corrected chi connectivity index (χ4v) is 2.99. The lowest BCUT2D eigenvalue weighted by Gasteiger charge is -2.35. The second-order valence-corrected chi connectivity index (χ2v) is 5.98. The SMILES string of the molecule is Cn1c(CO)nn(CN2CCN(c3ccccc3F)CC2)c1=S. The lowest BCUT2D eigenvalue weighted by atomic mass is 10.2. The summed E-state index contributed by atoms with van der Waals surface area (Å²) in [6, 6.07) is 6.86. The molecule has 0 unspecified atom stereocenters.